The van der Waals surface area contributed by atoms with Gasteiger partial charge in [0.25, 0.3) is 0 Å². The van der Waals surface area contributed by atoms with Gasteiger partial charge in [-0.25, -0.2) is 0 Å². The van der Waals surface area contributed by atoms with Gasteiger partial charge in [0.05, 0.1) is 26.4 Å². The van der Waals surface area contributed by atoms with E-state index in [0.717, 1.165) is 77.0 Å². The van der Waals surface area contributed by atoms with Crippen LogP contribution in [0.1, 0.15) is 181 Å². The van der Waals surface area contributed by atoms with Gasteiger partial charge in [-0.3, -0.25) is 4.79 Å². The number of carbonyl (C=O) groups is 1. The van der Waals surface area contributed by atoms with Gasteiger partial charge in [-0.1, -0.05) is 158 Å². The Balaban J connectivity index is 1.75. The summed E-state index contributed by atoms with van der Waals surface area (Å²) in [5.74, 6) is -0.395. The van der Waals surface area contributed by atoms with Crippen molar-refractivity contribution in [1.82, 2.24) is 0 Å². The number of ether oxygens (including phenoxy) is 6. The van der Waals surface area contributed by atoms with Crippen LogP contribution in [0.2, 0.25) is 0 Å². The lowest BCUT2D eigenvalue weighted by Crippen LogP contribution is -2.61. The Labute approximate surface area is 415 Å². The molecule has 14 heteroatoms. The average molecular weight is 981 g/mol. The summed E-state index contributed by atoms with van der Waals surface area (Å²) in [6, 6.07) is 0. The van der Waals surface area contributed by atoms with Gasteiger partial charge in [0.1, 0.15) is 54.9 Å². The number of carbonyl (C=O) groups excluding carboxylic acids is 1. The largest absolute Gasteiger partial charge is 0.457 e. The maximum absolute atomic E-state index is 13.0. The van der Waals surface area contributed by atoms with Gasteiger partial charge in [-0.05, 0) is 77.0 Å². The van der Waals surface area contributed by atoms with E-state index in [9.17, 15) is 40.5 Å². The summed E-state index contributed by atoms with van der Waals surface area (Å²) in [6.45, 7) is 3.52. The maximum atomic E-state index is 13.0. The molecule has 14 nitrogen and oxygen atoms in total. The number of hydrogen-bond acceptors (Lipinski definition) is 14. The van der Waals surface area contributed by atoms with Crippen molar-refractivity contribution in [3.05, 3.63) is 60.8 Å². The van der Waals surface area contributed by atoms with Crippen LogP contribution in [-0.4, -0.2) is 142 Å². The summed E-state index contributed by atoms with van der Waals surface area (Å²) in [7, 11) is 0. The molecule has 0 bridgehead atoms. The molecule has 0 spiro atoms. The van der Waals surface area contributed by atoms with E-state index in [0.29, 0.717) is 13.0 Å². The van der Waals surface area contributed by atoms with E-state index in [-0.39, 0.29) is 19.6 Å². The highest BCUT2D eigenvalue weighted by atomic mass is 16.7. The minimum absolute atomic E-state index is 0.0502. The normalized spacial score (nSPS) is 26.2. The molecule has 7 N–H and O–H groups in total. The highest BCUT2D eigenvalue weighted by Crippen LogP contribution is 2.26. The molecule has 400 valence electrons. The molecule has 2 aliphatic heterocycles. The summed E-state index contributed by atoms with van der Waals surface area (Å²) in [5.41, 5.74) is 0. The van der Waals surface area contributed by atoms with E-state index < -0.39 is 86.7 Å². The summed E-state index contributed by atoms with van der Waals surface area (Å²) < 4.78 is 34.3. The predicted molar refractivity (Wildman–Crippen MR) is 270 cm³/mol. The first-order valence-corrected chi connectivity index (χ1v) is 26.9. The first-order valence-electron chi connectivity index (χ1n) is 26.9. The van der Waals surface area contributed by atoms with Gasteiger partial charge < -0.3 is 64.2 Å². The van der Waals surface area contributed by atoms with E-state index in [1.165, 1.54) is 77.0 Å². The fourth-order valence-corrected chi connectivity index (χ4v) is 8.15. The van der Waals surface area contributed by atoms with Crippen LogP contribution >= 0.6 is 0 Å². The van der Waals surface area contributed by atoms with E-state index in [2.05, 4.69) is 74.6 Å². The first kappa shape index (κ1) is 62.8. The van der Waals surface area contributed by atoms with Crippen molar-refractivity contribution in [3.8, 4) is 0 Å². The lowest BCUT2D eigenvalue weighted by atomic mass is 9.98. The Morgan fingerprint density at radius 3 is 1.48 bits per heavy atom. The fourth-order valence-electron chi connectivity index (χ4n) is 8.15. The van der Waals surface area contributed by atoms with Crippen LogP contribution in [0, 0.1) is 0 Å². The molecule has 0 aromatic rings. The minimum atomic E-state index is -1.71. The summed E-state index contributed by atoms with van der Waals surface area (Å²) in [6.07, 6.45) is 34.2. The summed E-state index contributed by atoms with van der Waals surface area (Å²) in [5, 5.41) is 72.2. The molecule has 2 saturated heterocycles. The average Bonchev–Trinajstić information content (AvgIpc) is 3.35. The fraction of sp³-hybridized carbons (Fsp3) is 0.800. The topological polar surface area (TPSA) is 214 Å². The molecule has 0 saturated carbocycles. The van der Waals surface area contributed by atoms with Crippen LogP contribution in [0.4, 0.5) is 0 Å². The van der Waals surface area contributed by atoms with Crippen molar-refractivity contribution in [2.75, 3.05) is 33.0 Å². The minimum Gasteiger partial charge on any atom is -0.457 e. The summed E-state index contributed by atoms with van der Waals surface area (Å²) in [4.78, 5) is 13.0. The second-order valence-electron chi connectivity index (χ2n) is 18.7. The van der Waals surface area contributed by atoms with Crippen LogP contribution in [0.25, 0.3) is 0 Å². The van der Waals surface area contributed by atoms with Crippen molar-refractivity contribution in [3.63, 3.8) is 0 Å². The molecule has 0 aromatic heterocycles. The second kappa shape index (κ2) is 42.2. The van der Waals surface area contributed by atoms with Crippen molar-refractivity contribution >= 4 is 5.97 Å². The molecule has 0 amide bonds. The molecule has 11 unspecified atom stereocenters. The highest BCUT2D eigenvalue weighted by molar-refractivity contribution is 5.69. The lowest BCUT2D eigenvalue weighted by Gasteiger charge is -2.42. The van der Waals surface area contributed by atoms with Gasteiger partial charge in [0, 0.05) is 13.0 Å². The SMILES string of the molecule is CC/C=C\C/C=C\C/C=C\CCCCCCCC(=O)OC(COCCCCCCCCCCCC/C=C\C/C=C\CCCCC)COC1OC(COC2OC(CO)C(O)C(O)C2O)C(O)C(O)C1O. The predicted octanol–water partition coefficient (Wildman–Crippen LogP) is 8.52. The van der Waals surface area contributed by atoms with E-state index >= 15 is 0 Å². The zero-order chi connectivity index (χ0) is 50.2. The van der Waals surface area contributed by atoms with Crippen molar-refractivity contribution in [2.24, 2.45) is 0 Å². The van der Waals surface area contributed by atoms with Crippen LogP contribution in [-0.2, 0) is 33.2 Å². The van der Waals surface area contributed by atoms with Gasteiger partial charge in [-0.2, -0.15) is 0 Å². The van der Waals surface area contributed by atoms with Crippen LogP contribution in [0.15, 0.2) is 60.8 Å². The monoisotopic (exact) mass is 981 g/mol. The quantitative estimate of drug-likeness (QED) is 0.0174. The maximum Gasteiger partial charge on any atom is 0.306 e. The van der Waals surface area contributed by atoms with E-state index in [4.69, 9.17) is 28.4 Å². The highest BCUT2D eigenvalue weighted by Gasteiger charge is 2.47. The third-order valence-corrected chi connectivity index (χ3v) is 12.5. The molecular weight excluding hydrogens is 885 g/mol. The molecule has 2 aliphatic rings. The number of esters is 1. The van der Waals surface area contributed by atoms with Crippen molar-refractivity contribution in [1.29, 1.82) is 0 Å². The number of unbranched alkanes of at least 4 members (excludes halogenated alkanes) is 18. The van der Waals surface area contributed by atoms with E-state index in [1.54, 1.807) is 0 Å². The number of hydrogen-bond donors (Lipinski definition) is 7. The number of allylic oxidation sites excluding steroid dienone is 10. The molecule has 0 aliphatic carbocycles. The van der Waals surface area contributed by atoms with Gasteiger partial charge >= 0.3 is 5.97 Å². The van der Waals surface area contributed by atoms with Crippen LogP contribution < -0.4 is 0 Å². The zero-order valence-electron chi connectivity index (χ0n) is 42.5. The lowest BCUT2D eigenvalue weighted by molar-refractivity contribution is -0.332. The van der Waals surface area contributed by atoms with Gasteiger partial charge in [-0.15, -0.1) is 0 Å². The van der Waals surface area contributed by atoms with Crippen molar-refractivity contribution in [2.45, 2.75) is 248 Å². The zero-order valence-corrected chi connectivity index (χ0v) is 42.5. The number of rotatable bonds is 42. The Morgan fingerprint density at radius 2 is 0.942 bits per heavy atom. The van der Waals surface area contributed by atoms with Gasteiger partial charge in [0.15, 0.2) is 12.6 Å². The molecule has 0 aromatic carbocycles. The Bertz CT molecular complexity index is 1370. The number of aliphatic hydroxyl groups excluding tert-OH is 7. The first-order chi connectivity index (χ1) is 33.6. The standard InChI is InChI=1S/C55H96O14/c1-3-5-7-9-11-13-15-17-19-20-21-22-23-25-27-29-31-33-35-37-39-64-41-44(67-47(57)38-36-34-32-30-28-26-24-18-16-14-12-10-8-6-4-2)42-65-54-53(63)51(61)49(59)46(69-54)43-66-55-52(62)50(60)48(58)45(40-56)68-55/h6,8,11-14,17-19,24,44-46,48-56,58-63H,3-5,7,9-10,15-16,20-23,25-43H2,1-2H3/b8-6-,13-11-,14-12-,19-17-,24-18-. The Morgan fingerprint density at radius 1 is 0.493 bits per heavy atom. The molecule has 11 atom stereocenters. The Hall–Kier alpha value is -2.31. The molecule has 0 radical (unpaired) electrons. The molecule has 69 heavy (non-hydrogen) atoms. The third kappa shape index (κ3) is 29.7. The molecule has 2 rings (SSSR count). The van der Waals surface area contributed by atoms with Crippen molar-refractivity contribution < 1.29 is 69.0 Å². The van der Waals surface area contributed by atoms with Crippen LogP contribution in [0.5, 0.6) is 0 Å². The van der Waals surface area contributed by atoms with E-state index in [1.807, 2.05) is 0 Å². The smallest absolute Gasteiger partial charge is 0.306 e. The molecular formula is C55H96O14. The number of aliphatic hydroxyl groups is 7. The molecule has 2 fully saturated rings. The van der Waals surface area contributed by atoms with Crippen LogP contribution in [0.3, 0.4) is 0 Å². The molecule has 2 heterocycles. The second-order valence-corrected chi connectivity index (χ2v) is 18.7. The Kier molecular flexibility index (Phi) is 38.4. The van der Waals surface area contributed by atoms with Gasteiger partial charge in [0.2, 0.25) is 0 Å². The third-order valence-electron chi connectivity index (χ3n) is 12.5. The summed E-state index contributed by atoms with van der Waals surface area (Å²) >= 11 is 0.